The second-order valence-electron chi connectivity index (χ2n) is 9.06. The van der Waals surface area contributed by atoms with Crippen LogP contribution in [0.2, 0.25) is 5.02 Å². The normalized spacial score (nSPS) is 9.95. The van der Waals surface area contributed by atoms with Crippen LogP contribution in [0.3, 0.4) is 0 Å². The van der Waals surface area contributed by atoms with Gasteiger partial charge in [-0.3, -0.25) is 14.6 Å². The summed E-state index contributed by atoms with van der Waals surface area (Å²) >= 11 is 5.86. The van der Waals surface area contributed by atoms with E-state index in [1.807, 2.05) is 57.3 Å². The van der Waals surface area contributed by atoms with Gasteiger partial charge in [-0.15, -0.1) is 0 Å². The van der Waals surface area contributed by atoms with Crippen LogP contribution in [0.1, 0.15) is 85.4 Å². The molecule has 222 valence electrons. The number of methoxy groups -OCH3 is 1. The second-order valence-corrected chi connectivity index (χ2v) is 9.47. The van der Waals surface area contributed by atoms with Gasteiger partial charge in [0.05, 0.1) is 7.11 Å². The number of ketones is 1. The highest BCUT2D eigenvalue weighted by atomic mass is 35.5. The number of halogens is 1. The number of amides is 1. The van der Waals surface area contributed by atoms with Crippen molar-refractivity contribution in [3.63, 3.8) is 0 Å². The Bertz CT molecular complexity index is 1110. The summed E-state index contributed by atoms with van der Waals surface area (Å²) in [6.45, 7) is 15.4. The topological polar surface area (TPSA) is 85.4 Å². The number of aryl methyl sites for hydroxylation is 1. The summed E-state index contributed by atoms with van der Waals surface area (Å²) in [4.78, 5) is 34.9. The van der Waals surface area contributed by atoms with E-state index in [4.69, 9.17) is 11.6 Å². The number of hydrogen-bond donors (Lipinski definition) is 1. The predicted octanol–water partition coefficient (Wildman–Crippen LogP) is 8.52. The molecule has 1 aromatic heterocycles. The number of Topliss-reactive ketones (excluding diaryl/α,β-unsaturated/α-hetero) is 1. The Hall–Kier alpha value is -3.25. The molecule has 0 saturated carbocycles. The minimum absolute atomic E-state index is 0.0464. The summed E-state index contributed by atoms with van der Waals surface area (Å²) in [5.74, 6) is 0.767. The van der Waals surface area contributed by atoms with Gasteiger partial charge < -0.3 is 14.8 Å². The van der Waals surface area contributed by atoms with E-state index in [1.165, 1.54) is 45.1 Å². The number of rotatable bonds is 7. The Morgan fingerprint density at radius 1 is 0.975 bits per heavy atom. The maximum absolute atomic E-state index is 10.7. The monoisotopic (exact) mass is 572 g/mol. The lowest BCUT2D eigenvalue weighted by Gasteiger charge is -2.05. The lowest BCUT2D eigenvalue weighted by molar-refractivity contribution is -0.140. The first-order valence-electron chi connectivity index (χ1n) is 13.8. The van der Waals surface area contributed by atoms with Crippen LogP contribution in [-0.2, 0) is 25.7 Å². The fraction of sp³-hybridized carbons (Fsp3) is 0.455. The molecule has 1 heterocycles. The number of pyridine rings is 1. The van der Waals surface area contributed by atoms with Crippen molar-refractivity contribution >= 4 is 40.0 Å². The molecule has 7 heteroatoms. The van der Waals surface area contributed by atoms with E-state index in [9.17, 15) is 14.4 Å². The van der Waals surface area contributed by atoms with E-state index in [-0.39, 0.29) is 17.7 Å². The van der Waals surface area contributed by atoms with E-state index in [1.54, 1.807) is 6.07 Å². The minimum Gasteiger partial charge on any atom is -0.469 e. The van der Waals surface area contributed by atoms with E-state index >= 15 is 0 Å². The Labute approximate surface area is 246 Å². The first-order chi connectivity index (χ1) is 19.0. The molecule has 3 rings (SSSR count). The van der Waals surface area contributed by atoms with Crippen molar-refractivity contribution in [2.24, 2.45) is 5.92 Å². The number of nitrogens with zero attached hydrogens (tertiary/aromatic N) is 1. The first-order valence-corrected chi connectivity index (χ1v) is 14.2. The number of esters is 1. The molecule has 1 N–H and O–H groups in total. The van der Waals surface area contributed by atoms with Crippen LogP contribution < -0.4 is 5.32 Å². The van der Waals surface area contributed by atoms with E-state index in [0.29, 0.717) is 18.0 Å². The lowest BCUT2D eigenvalue weighted by atomic mass is 10.0. The SMILES string of the molecule is CC.CC(=O)NCc1ccccc1Cl.CC(C)=O.CCC(C)CCCC(=O)OC.Cc1cc2ccccc2cn1. The van der Waals surface area contributed by atoms with Gasteiger partial charge in [-0.05, 0) is 56.2 Å². The number of nitrogens with one attached hydrogen (secondary N) is 1. The van der Waals surface area contributed by atoms with Gasteiger partial charge in [0.25, 0.3) is 0 Å². The zero-order chi connectivity index (χ0) is 30.9. The average Bonchev–Trinajstić information content (AvgIpc) is 2.93. The zero-order valence-corrected chi connectivity index (χ0v) is 26.6. The van der Waals surface area contributed by atoms with Crippen LogP contribution in [0.4, 0.5) is 0 Å². The molecule has 0 spiro atoms. The molecule has 1 amide bonds. The van der Waals surface area contributed by atoms with Crippen LogP contribution in [0.15, 0.2) is 60.8 Å². The molecule has 1 atom stereocenters. The molecule has 0 bridgehead atoms. The molecule has 0 radical (unpaired) electrons. The third-order valence-electron chi connectivity index (χ3n) is 5.26. The van der Waals surface area contributed by atoms with Gasteiger partial charge in [-0.1, -0.05) is 94.6 Å². The largest absolute Gasteiger partial charge is 0.469 e. The molecule has 0 aliphatic rings. The third-order valence-corrected chi connectivity index (χ3v) is 5.62. The Kier molecular flexibility index (Phi) is 24.1. The van der Waals surface area contributed by atoms with Crippen LogP contribution in [0, 0.1) is 12.8 Å². The summed E-state index contributed by atoms with van der Waals surface area (Å²) in [7, 11) is 1.44. The van der Waals surface area contributed by atoms with Crippen molar-refractivity contribution in [1.29, 1.82) is 0 Å². The first kappa shape index (κ1) is 38.9. The smallest absolute Gasteiger partial charge is 0.305 e. The van der Waals surface area contributed by atoms with Crippen molar-refractivity contribution < 1.29 is 19.1 Å². The molecule has 0 aliphatic carbocycles. The Morgan fingerprint density at radius 3 is 2.05 bits per heavy atom. The molecule has 2 aromatic carbocycles. The molecule has 0 fully saturated rings. The van der Waals surface area contributed by atoms with Crippen LogP contribution in [0.5, 0.6) is 0 Å². The molecule has 0 saturated heterocycles. The molecular formula is C33H49ClN2O4. The highest BCUT2D eigenvalue weighted by Crippen LogP contribution is 2.14. The molecule has 1 unspecified atom stereocenters. The average molecular weight is 573 g/mol. The Morgan fingerprint density at radius 2 is 1.52 bits per heavy atom. The van der Waals surface area contributed by atoms with Gasteiger partial charge in [0.15, 0.2) is 0 Å². The van der Waals surface area contributed by atoms with Crippen LogP contribution in [0.25, 0.3) is 10.8 Å². The Balaban J connectivity index is 0. The minimum atomic E-state index is -0.0895. The summed E-state index contributed by atoms with van der Waals surface area (Å²) < 4.78 is 4.53. The van der Waals surface area contributed by atoms with Crippen molar-refractivity contribution in [2.45, 2.75) is 87.6 Å². The fourth-order valence-corrected chi connectivity index (χ4v) is 3.16. The summed E-state index contributed by atoms with van der Waals surface area (Å²) in [6.07, 6.45) is 5.76. The number of carbonyl (C=O) groups excluding carboxylic acids is 3. The van der Waals surface area contributed by atoms with Crippen molar-refractivity contribution in [3.8, 4) is 0 Å². The second kappa shape index (κ2) is 24.8. The third kappa shape index (κ3) is 21.7. The van der Waals surface area contributed by atoms with Crippen LogP contribution >= 0.6 is 11.6 Å². The molecular weight excluding hydrogens is 524 g/mol. The summed E-state index contributed by atoms with van der Waals surface area (Å²) in [5.41, 5.74) is 2.01. The summed E-state index contributed by atoms with van der Waals surface area (Å²) in [5, 5.41) is 5.84. The highest BCUT2D eigenvalue weighted by Gasteiger charge is 2.02. The van der Waals surface area contributed by atoms with Gasteiger partial charge >= 0.3 is 5.97 Å². The van der Waals surface area contributed by atoms with Crippen molar-refractivity contribution in [3.05, 3.63) is 77.1 Å². The number of aromatic nitrogens is 1. The van der Waals surface area contributed by atoms with E-state index in [2.05, 4.69) is 47.1 Å². The molecule has 6 nitrogen and oxygen atoms in total. The van der Waals surface area contributed by atoms with Crippen molar-refractivity contribution in [1.82, 2.24) is 10.3 Å². The number of ether oxygens (including phenoxy) is 1. The van der Waals surface area contributed by atoms with E-state index < -0.39 is 0 Å². The van der Waals surface area contributed by atoms with Gasteiger partial charge in [-0.25, -0.2) is 0 Å². The van der Waals surface area contributed by atoms with Crippen LogP contribution in [-0.4, -0.2) is 29.8 Å². The van der Waals surface area contributed by atoms with Gasteiger partial charge in [0.1, 0.15) is 5.78 Å². The van der Waals surface area contributed by atoms with Gasteiger partial charge in [-0.2, -0.15) is 0 Å². The molecule has 0 aliphatic heterocycles. The number of hydrogen-bond acceptors (Lipinski definition) is 5. The highest BCUT2D eigenvalue weighted by molar-refractivity contribution is 6.31. The molecule has 3 aromatic rings. The number of carbonyl (C=O) groups is 3. The zero-order valence-electron chi connectivity index (χ0n) is 25.8. The van der Waals surface area contributed by atoms with E-state index in [0.717, 1.165) is 30.0 Å². The molecule has 40 heavy (non-hydrogen) atoms. The fourth-order valence-electron chi connectivity index (χ4n) is 2.96. The lowest BCUT2D eigenvalue weighted by Crippen LogP contribution is -2.18. The number of fused-ring (bicyclic) bond motifs is 1. The van der Waals surface area contributed by atoms with Gasteiger partial charge in [0.2, 0.25) is 5.91 Å². The van der Waals surface area contributed by atoms with Crippen molar-refractivity contribution in [2.75, 3.05) is 7.11 Å². The maximum atomic E-state index is 10.7. The summed E-state index contributed by atoms with van der Waals surface area (Å²) in [6, 6.07) is 17.8. The quantitative estimate of drug-likeness (QED) is 0.287. The standard InChI is InChI=1S/C10H9N.C9H10ClNO.C9H18O2.C3H6O.C2H6/c1-8-6-9-4-2-3-5-10(9)7-11-8;1-7(12)11-6-8-4-2-3-5-9(8)10;1-4-8(2)6-5-7-9(10)11-3;1-3(2)4;1-2/h2-7H,1H3;2-5H,6H2,1H3,(H,11,12);8H,4-7H2,1-3H3;1-2H3;1-2H3. The predicted molar refractivity (Wildman–Crippen MR) is 168 cm³/mol. The number of benzene rings is 2. The van der Waals surface area contributed by atoms with Gasteiger partial charge in [0, 0.05) is 42.2 Å². The maximum Gasteiger partial charge on any atom is 0.305 e.